The number of nitrogen functional groups attached to an aromatic ring is 1. The van der Waals surface area contributed by atoms with Crippen molar-refractivity contribution >= 4 is 5.84 Å². The number of halogens is 2. The van der Waals surface area contributed by atoms with Gasteiger partial charge in [0.05, 0.1) is 5.56 Å². The molecule has 1 aromatic heterocycles. The lowest BCUT2D eigenvalue weighted by Crippen LogP contribution is -2.23. The molecule has 2 rings (SSSR count). The van der Waals surface area contributed by atoms with E-state index < -0.39 is 11.6 Å². The van der Waals surface area contributed by atoms with E-state index in [0.29, 0.717) is 11.4 Å². The van der Waals surface area contributed by atoms with Crippen LogP contribution in [0.1, 0.15) is 11.3 Å². The highest BCUT2D eigenvalue weighted by atomic mass is 19.2. The minimum atomic E-state index is -0.986. The van der Waals surface area contributed by atoms with Crippen molar-refractivity contribution in [2.24, 2.45) is 5.73 Å². The Morgan fingerprint density at radius 3 is 2.53 bits per heavy atom. The maximum Gasteiger partial charge on any atom is 0.192 e. The Balaban J connectivity index is 2.68. The van der Waals surface area contributed by atoms with Gasteiger partial charge in [-0.2, -0.15) is 0 Å². The first-order chi connectivity index (χ1) is 8.90. The van der Waals surface area contributed by atoms with Gasteiger partial charge in [0, 0.05) is 29.7 Å². The van der Waals surface area contributed by atoms with Gasteiger partial charge in [-0.3, -0.25) is 10.2 Å². The van der Waals surface area contributed by atoms with Crippen LogP contribution in [0.2, 0.25) is 0 Å². The van der Waals surface area contributed by atoms with E-state index in [1.165, 1.54) is 22.9 Å². The predicted octanol–water partition coefficient (Wildman–Crippen LogP) is 1.71. The Labute approximate surface area is 107 Å². The molecule has 3 N–H and O–H groups in total. The molecular formula is C13H11F2N3O. The molecule has 0 aliphatic carbocycles. The van der Waals surface area contributed by atoms with Gasteiger partial charge in [0.2, 0.25) is 0 Å². The molecule has 4 nitrogen and oxygen atoms in total. The van der Waals surface area contributed by atoms with E-state index in [0.717, 1.165) is 12.1 Å². The second-order valence-electron chi connectivity index (χ2n) is 4.07. The second-order valence-corrected chi connectivity index (χ2v) is 4.07. The third kappa shape index (κ3) is 2.37. The van der Waals surface area contributed by atoms with Gasteiger partial charge < -0.3 is 10.3 Å². The van der Waals surface area contributed by atoms with Crippen LogP contribution >= 0.6 is 0 Å². The van der Waals surface area contributed by atoms with Crippen molar-refractivity contribution < 1.29 is 8.78 Å². The number of nitrogens with two attached hydrogens (primary N) is 1. The van der Waals surface area contributed by atoms with Crippen molar-refractivity contribution in [3.63, 3.8) is 0 Å². The Hall–Kier alpha value is -2.50. The zero-order valence-corrected chi connectivity index (χ0v) is 10.1. The van der Waals surface area contributed by atoms with Crippen molar-refractivity contribution in [2.75, 3.05) is 0 Å². The average Bonchev–Trinajstić information content (AvgIpc) is 2.32. The van der Waals surface area contributed by atoms with Gasteiger partial charge in [0.15, 0.2) is 17.1 Å². The summed E-state index contributed by atoms with van der Waals surface area (Å²) < 4.78 is 27.6. The summed E-state index contributed by atoms with van der Waals surface area (Å²) in [7, 11) is 0. The van der Waals surface area contributed by atoms with E-state index in [-0.39, 0.29) is 16.8 Å². The van der Waals surface area contributed by atoms with Gasteiger partial charge in [-0.1, -0.05) is 0 Å². The lowest BCUT2D eigenvalue weighted by molar-refractivity contribution is 0.508. The van der Waals surface area contributed by atoms with Crippen molar-refractivity contribution in [3.05, 3.63) is 63.6 Å². The number of hydrogen-bond donors (Lipinski definition) is 2. The topological polar surface area (TPSA) is 71.9 Å². The SMILES string of the molecule is Cc1cc(=O)c(C(=N)N)cn1-c1ccc(F)c(F)c1. The molecule has 98 valence electrons. The molecule has 0 saturated heterocycles. The molecule has 2 aromatic rings. The molecule has 6 heteroatoms. The molecule has 0 radical (unpaired) electrons. The van der Waals surface area contributed by atoms with Gasteiger partial charge in [0.1, 0.15) is 5.84 Å². The largest absolute Gasteiger partial charge is 0.384 e. The average molecular weight is 263 g/mol. The summed E-state index contributed by atoms with van der Waals surface area (Å²) in [5.41, 5.74) is 5.80. The van der Waals surface area contributed by atoms with Gasteiger partial charge in [0.25, 0.3) is 0 Å². The zero-order valence-electron chi connectivity index (χ0n) is 10.1. The monoisotopic (exact) mass is 263 g/mol. The number of amidine groups is 1. The summed E-state index contributed by atoms with van der Waals surface area (Å²) in [5, 5.41) is 7.31. The van der Waals surface area contributed by atoms with Crippen LogP contribution in [-0.2, 0) is 0 Å². The summed E-state index contributed by atoms with van der Waals surface area (Å²) in [6.45, 7) is 1.65. The van der Waals surface area contributed by atoms with Crippen LogP contribution in [0.15, 0.2) is 35.3 Å². The molecule has 0 saturated carbocycles. The highest BCUT2D eigenvalue weighted by Crippen LogP contribution is 2.15. The Bertz CT molecular complexity index is 722. The van der Waals surface area contributed by atoms with Gasteiger partial charge in [-0.05, 0) is 19.1 Å². The predicted molar refractivity (Wildman–Crippen MR) is 67.7 cm³/mol. The minimum Gasteiger partial charge on any atom is -0.384 e. The first-order valence-electron chi connectivity index (χ1n) is 5.43. The number of rotatable bonds is 2. The number of aryl methyl sites for hydroxylation is 1. The van der Waals surface area contributed by atoms with E-state index in [2.05, 4.69) is 0 Å². The summed E-state index contributed by atoms with van der Waals surface area (Å²) in [6.07, 6.45) is 1.34. The van der Waals surface area contributed by atoms with Crippen LogP contribution in [0.3, 0.4) is 0 Å². The lowest BCUT2D eigenvalue weighted by atomic mass is 10.2. The van der Waals surface area contributed by atoms with Crippen molar-refractivity contribution in [1.29, 1.82) is 5.41 Å². The molecule has 0 fully saturated rings. The molecule has 0 spiro atoms. The van der Waals surface area contributed by atoms with E-state index >= 15 is 0 Å². The number of benzene rings is 1. The number of aromatic nitrogens is 1. The third-order valence-corrected chi connectivity index (χ3v) is 2.72. The van der Waals surface area contributed by atoms with Crippen LogP contribution in [0.4, 0.5) is 8.78 Å². The number of pyridine rings is 1. The fourth-order valence-electron chi connectivity index (χ4n) is 1.75. The quantitative estimate of drug-likeness (QED) is 0.639. The maximum absolute atomic E-state index is 13.2. The molecule has 0 aliphatic heterocycles. The van der Waals surface area contributed by atoms with Crippen molar-refractivity contribution in [1.82, 2.24) is 4.57 Å². The summed E-state index contributed by atoms with van der Waals surface area (Å²) in [6, 6.07) is 4.67. The van der Waals surface area contributed by atoms with Crippen LogP contribution in [-0.4, -0.2) is 10.4 Å². The standard InChI is InChI=1S/C13H11F2N3O/c1-7-4-12(19)9(13(16)17)6-18(7)8-2-3-10(14)11(15)5-8/h2-6H,1H3,(H3,16,17). The van der Waals surface area contributed by atoms with Gasteiger partial charge in [-0.25, -0.2) is 8.78 Å². The number of nitrogens with one attached hydrogen (secondary N) is 1. The van der Waals surface area contributed by atoms with E-state index in [1.807, 2.05) is 0 Å². The number of hydrogen-bond acceptors (Lipinski definition) is 2. The normalized spacial score (nSPS) is 10.5. The fraction of sp³-hybridized carbons (Fsp3) is 0.0769. The highest BCUT2D eigenvalue weighted by molar-refractivity contribution is 5.94. The van der Waals surface area contributed by atoms with Crippen molar-refractivity contribution in [3.8, 4) is 5.69 Å². The molecule has 19 heavy (non-hydrogen) atoms. The first-order valence-corrected chi connectivity index (χ1v) is 5.43. The third-order valence-electron chi connectivity index (χ3n) is 2.72. The molecule has 1 aromatic carbocycles. The van der Waals surface area contributed by atoms with Crippen LogP contribution < -0.4 is 11.2 Å². The summed E-state index contributed by atoms with van der Waals surface area (Å²) >= 11 is 0. The summed E-state index contributed by atoms with van der Waals surface area (Å²) in [5.74, 6) is -2.31. The molecular weight excluding hydrogens is 252 g/mol. The van der Waals surface area contributed by atoms with Gasteiger partial charge >= 0.3 is 0 Å². The lowest BCUT2D eigenvalue weighted by Gasteiger charge is -2.12. The molecule has 0 atom stereocenters. The van der Waals surface area contributed by atoms with Gasteiger partial charge in [-0.15, -0.1) is 0 Å². The number of nitrogens with zero attached hydrogens (tertiary/aromatic N) is 1. The second kappa shape index (κ2) is 4.64. The molecule has 0 aliphatic rings. The molecule has 0 amide bonds. The smallest absolute Gasteiger partial charge is 0.192 e. The van der Waals surface area contributed by atoms with E-state index in [1.54, 1.807) is 6.92 Å². The van der Waals surface area contributed by atoms with Crippen LogP contribution in [0.25, 0.3) is 5.69 Å². The minimum absolute atomic E-state index is 0.00957. The highest BCUT2D eigenvalue weighted by Gasteiger charge is 2.09. The van der Waals surface area contributed by atoms with E-state index in [9.17, 15) is 13.6 Å². The molecule has 0 unspecified atom stereocenters. The summed E-state index contributed by atoms with van der Waals surface area (Å²) in [4.78, 5) is 11.6. The maximum atomic E-state index is 13.2. The molecule has 1 heterocycles. The Kier molecular flexibility index (Phi) is 3.16. The Morgan fingerprint density at radius 1 is 1.26 bits per heavy atom. The first kappa shape index (κ1) is 12.9. The van der Waals surface area contributed by atoms with Crippen LogP contribution in [0, 0.1) is 24.0 Å². The van der Waals surface area contributed by atoms with Crippen LogP contribution in [0.5, 0.6) is 0 Å². The van der Waals surface area contributed by atoms with E-state index in [4.69, 9.17) is 11.1 Å². The van der Waals surface area contributed by atoms with Crippen molar-refractivity contribution in [2.45, 2.75) is 6.92 Å². The Morgan fingerprint density at radius 2 is 1.95 bits per heavy atom. The zero-order chi connectivity index (χ0) is 14.2. The fourth-order valence-corrected chi connectivity index (χ4v) is 1.75. The molecule has 0 bridgehead atoms.